The number of nitrogens with one attached hydrogen (secondary N) is 2. The van der Waals surface area contributed by atoms with Crippen LogP contribution in [0.5, 0.6) is 0 Å². The van der Waals surface area contributed by atoms with E-state index in [1.165, 1.54) is 0 Å². The van der Waals surface area contributed by atoms with E-state index in [1.807, 2.05) is 6.07 Å². The number of hydrogen-bond donors (Lipinski definition) is 2. The maximum Gasteiger partial charge on any atom is 0.131 e. The van der Waals surface area contributed by atoms with Crippen molar-refractivity contribution in [2.24, 2.45) is 0 Å². The van der Waals surface area contributed by atoms with Gasteiger partial charge in [-0.15, -0.1) is 0 Å². The molecule has 1 heterocycles. The Balaban J connectivity index is 2.62. The van der Waals surface area contributed by atoms with Crippen molar-refractivity contribution >= 4 is 18.0 Å². The molecule has 16 heavy (non-hydrogen) atoms. The summed E-state index contributed by atoms with van der Waals surface area (Å²) in [7, 11) is 1.71. The Morgan fingerprint density at radius 2 is 2.31 bits per heavy atom. The fourth-order valence-electron chi connectivity index (χ4n) is 1.28. The lowest BCUT2D eigenvalue weighted by molar-refractivity contribution is 0.197. The lowest BCUT2D eigenvalue weighted by Crippen LogP contribution is -2.08. The van der Waals surface area contributed by atoms with Gasteiger partial charge in [0.2, 0.25) is 0 Å². The van der Waals surface area contributed by atoms with Crippen molar-refractivity contribution in [2.75, 3.05) is 25.6 Å². The summed E-state index contributed by atoms with van der Waals surface area (Å²) in [6.45, 7) is 5.79. The van der Waals surface area contributed by atoms with E-state index in [4.69, 9.17) is 17.0 Å². The molecular formula is C11H19N3OS. The molecule has 5 heteroatoms. The van der Waals surface area contributed by atoms with Crippen LogP contribution in [0, 0.1) is 4.64 Å². The van der Waals surface area contributed by atoms with Crippen molar-refractivity contribution in [2.45, 2.75) is 26.2 Å². The average Bonchev–Trinajstić information content (AvgIpc) is 2.23. The quantitative estimate of drug-likeness (QED) is 0.594. The molecule has 0 aliphatic carbocycles. The molecule has 1 aromatic heterocycles. The molecule has 0 aliphatic heterocycles. The highest BCUT2D eigenvalue weighted by molar-refractivity contribution is 7.71. The fourth-order valence-corrected chi connectivity index (χ4v) is 1.50. The highest BCUT2D eigenvalue weighted by Crippen LogP contribution is 2.11. The Morgan fingerprint density at radius 3 is 2.94 bits per heavy atom. The van der Waals surface area contributed by atoms with Gasteiger partial charge in [0.15, 0.2) is 0 Å². The second kappa shape index (κ2) is 6.60. The van der Waals surface area contributed by atoms with Crippen molar-refractivity contribution < 1.29 is 4.74 Å². The van der Waals surface area contributed by atoms with Crippen LogP contribution < -0.4 is 5.32 Å². The SMILES string of the molecule is COCCCNc1cc(=S)nc(C(C)C)[nH]1. The molecule has 0 aliphatic rings. The molecule has 0 bridgehead atoms. The van der Waals surface area contributed by atoms with Crippen LogP contribution in [0.4, 0.5) is 5.82 Å². The molecular weight excluding hydrogens is 222 g/mol. The number of H-pyrrole nitrogens is 1. The van der Waals surface area contributed by atoms with Crippen molar-refractivity contribution in [3.05, 3.63) is 16.5 Å². The number of ether oxygens (including phenoxy) is 1. The summed E-state index contributed by atoms with van der Waals surface area (Å²) >= 11 is 5.11. The lowest BCUT2D eigenvalue weighted by atomic mass is 10.2. The van der Waals surface area contributed by atoms with Crippen LogP contribution in [0.25, 0.3) is 0 Å². The Labute approximate surface area is 101 Å². The molecule has 1 rings (SSSR count). The number of hydrogen-bond acceptors (Lipinski definition) is 4. The Hall–Kier alpha value is -0.940. The molecule has 0 spiro atoms. The number of aromatic amines is 1. The van der Waals surface area contributed by atoms with Crippen LogP contribution >= 0.6 is 12.2 Å². The molecule has 0 aromatic carbocycles. The van der Waals surface area contributed by atoms with Crippen LogP contribution in [0.15, 0.2) is 6.07 Å². The summed E-state index contributed by atoms with van der Waals surface area (Å²) in [5, 5.41) is 3.27. The van der Waals surface area contributed by atoms with Gasteiger partial charge in [-0.3, -0.25) is 0 Å². The second-order valence-corrected chi connectivity index (χ2v) is 4.36. The molecule has 1 aromatic rings. The van der Waals surface area contributed by atoms with Gasteiger partial charge in [-0.1, -0.05) is 26.1 Å². The standard InChI is InChI=1S/C11H19N3OS/c1-8(2)11-13-9(7-10(16)14-11)12-5-4-6-15-3/h7-8H,4-6H2,1-3H3,(H2,12,13,14,16). The lowest BCUT2D eigenvalue weighted by Gasteiger charge is -2.10. The van der Waals surface area contributed by atoms with Gasteiger partial charge in [0.1, 0.15) is 16.3 Å². The topological polar surface area (TPSA) is 49.9 Å². The van der Waals surface area contributed by atoms with E-state index in [0.717, 1.165) is 31.2 Å². The first kappa shape index (κ1) is 13.1. The van der Waals surface area contributed by atoms with Gasteiger partial charge in [0.25, 0.3) is 0 Å². The molecule has 90 valence electrons. The van der Waals surface area contributed by atoms with E-state index in [9.17, 15) is 0 Å². The van der Waals surface area contributed by atoms with Crippen molar-refractivity contribution in [3.63, 3.8) is 0 Å². The second-order valence-electron chi connectivity index (χ2n) is 3.95. The molecule has 0 saturated carbocycles. The van der Waals surface area contributed by atoms with Gasteiger partial charge in [0.05, 0.1) is 0 Å². The molecule has 0 fully saturated rings. The fraction of sp³-hybridized carbons (Fsp3) is 0.636. The minimum atomic E-state index is 0.349. The normalized spacial score (nSPS) is 10.8. The largest absolute Gasteiger partial charge is 0.385 e. The van der Waals surface area contributed by atoms with Crippen molar-refractivity contribution in [1.29, 1.82) is 0 Å². The summed E-state index contributed by atoms with van der Waals surface area (Å²) in [5.41, 5.74) is 0. The van der Waals surface area contributed by atoms with E-state index in [-0.39, 0.29) is 0 Å². The van der Waals surface area contributed by atoms with Crippen LogP contribution in [-0.4, -0.2) is 30.2 Å². The van der Waals surface area contributed by atoms with E-state index < -0.39 is 0 Å². The molecule has 0 amide bonds. The van der Waals surface area contributed by atoms with Gasteiger partial charge in [-0.05, 0) is 6.42 Å². The first-order valence-corrected chi connectivity index (χ1v) is 5.88. The van der Waals surface area contributed by atoms with E-state index in [1.54, 1.807) is 7.11 Å². The molecule has 0 radical (unpaired) electrons. The molecule has 2 N–H and O–H groups in total. The zero-order valence-electron chi connectivity index (χ0n) is 10.0. The third kappa shape index (κ3) is 4.28. The number of methoxy groups -OCH3 is 1. The zero-order valence-corrected chi connectivity index (χ0v) is 10.9. The molecule has 0 saturated heterocycles. The Bertz CT molecular complexity index is 376. The summed E-state index contributed by atoms with van der Waals surface area (Å²) in [5.74, 6) is 2.20. The van der Waals surface area contributed by atoms with Crippen molar-refractivity contribution in [3.8, 4) is 0 Å². The first-order chi connectivity index (χ1) is 7.63. The average molecular weight is 241 g/mol. The number of nitrogens with zero attached hydrogens (tertiary/aromatic N) is 1. The van der Waals surface area contributed by atoms with Crippen molar-refractivity contribution in [1.82, 2.24) is 9.97 Å². The first-order valence-electron chi connectivity index (χ1n) is 5.47. The van der Waals surface area contributed by atoms with Gasteiger partial charge in [-0.2, -0.15) is 0 Å². The van der Waals surface area contributed by atoms with Gasteiger partial charge in [0, 0.05) is 32.2 Å². The van der Waals surface area contributed by atoms with Gasteiger partial charge >= 0.3 is 0 Å². The summed E-state index contributed by atoms with van der Waals surface area (Å²) in [6, 6.07) is 1.84. The van der Waals surface area contributed by atoms with Gasteiger partial charge in [-0.25, -0.2) is 4.98 Å². The summed E-state index contributed by atoms with van der Waals surface area (Å²) in [4.78, 5) is 7.50. The predicted molar refractivity (Wildman–Crippen MR) is 68.5 cm³/mol. The van der Waals surface area contributed by atoms with E-state index in [0.29, 0.717) is 10.6 Å². The minimum Gasteiger partial charge on any atom is -0.385 e. The monoisotopic (exact) mass is 241 g/mol. The Morgan fingerprint density at radius 1 is 1.56 bits per heavy atom. The van der Waals surface area contributed by atoms with Crippen LogP contribution in [-0.2, 0) is 4.74 Å². The zero-order chi connectivity index (χ0) is 12.0. The third-order valence-electron chi connectivity index (χ3n) is 2.15. The summed E-state index contributed by atoms with van der Waals surface area (Å²) < 4.78 is 5.60. The van der Waals surface area contributed by atoms with E-state index >= 15 is 0 Å². The number of rotatable bonds is 6. The molecule has 4 nitrogen and oxygen atoms in total. The van der Waals surface area contributed by atoms with Crippen LogP contribution in [0.1, 0.15) is 32.0 Å². The molecule has 0 atom stereocenters. The Kier molecular flexibility index (Phi) is 5.42. The van der Waals surface area contributed by atoms with E-state index in [2.05, 4.69) is 29.1 Å². The predicted octanol–water partition coefficient (Wildman–Crippen LogP) is 2.71. The minimum absolute atomic E-state index is 0.349. The molecule has 0 unspecified atom stereocenters. The maximum atomic E-state index is 5.11. The number of aromatic nitrogens is 2. The number of anilines is 1. The van der Waals surface area contributed by atoms with Gasteiger partial charge < -0.3 is 15.0 Å². The third-order valence-corrected chi connectivity index (χ3v) is 2.36. The smallest absolute Gasteiger partial charge is 0.131 e. The maximum absolute atomic E-state index is 5.11. The van der Waals surface area contributed by atoms with Crippen LogP contribution in [0.3, 0.4) is 0 Å². The summed E-state index contributed by atoms with van der Waals surface area (Å²) in [6.07, 6.45) is 0.969. The van der Waals surface area contributed by atoms with Crippen LogP contribution in [0.2, 0.25) is 0 Å². The highest BCUT2D eigenvalue weighted by atomic mass is 32.1. The highest BCUT2D eigenvalue weighted by Gasteiger charge is 2.02.